The minimum absolute atomic E-state index is 0.608. The van der Waals surface area contributed by atoms with Gasteiger partial charge in [0, 0.05) is 27.5 Å². The van der Waals surface area contributed by atoms with E-state index in [4.69, 9.17) is 19.4 Å². The van der Waals surface area contributed by atoms with Crippen LogP contribution in [0, 0.1) is 0 Å². The van der Waals surface area contributed by atoms with Crippen molar-refractivity contribution in [2.75, 3.05) is 0 Å². The minimum atomic E-state index is 0.608. The van der Waals surface area contributed by atoms with Crippen molar-refractivity contribution < 1.29 is 4.42 Å². The van der Waals surface area contributed by atoms with Crippen LogP contribution in [0.15, 0.2) is 156 Å². The lowest BCUT2D eigenvalue weighted by Crippen LogP contribution is -2.01. The fourth-order valence-electron chi connectivity index (χ4n) is 7.18. The second-order valence-corrected chi connectivity index (χ2v) is 12.0. The number of hydrogen-bond acceptors (Lipinski definition) is 4. The predicted octanol–water partition coefficient (Wildman–Crippen LogP) is 11.4. The van der Waals surface area contributed by atoms with Crippen molar-refractivity contribution in [2.45, 2.75) is 0 Å². The van der Waals surface area contributed by atoms with Crippen LogP contribution < -0.4 is 0 Å². The number of fused-ring (bicyclic) bond motifs is 9. The van der Waals surface area contributed by atoms with Gasteiger partial charge in [-0.05, 0) is 67.4 Å². The van der Waals surface area contributed by atoms with Gasteiger partial charge in [0.05, 0.1) is 0 Å². The van der Waals surface area contributed by atoms with Crippen molar-refractivity contribution in [3.63, 3.8) is 0 Å². The van der Waals surface area contributed by atoms with Gasteiger partial charge >= 0.3 is 0 Å². The van der Waals surface area contributed by atoms with Crippen molar-refractivity contribution in [3.05, 3.63) is 152 Å². The van der Waals surface area contributed by atoms with Crippen LogP contribution in [0.3, 0.4) is 0 Å². The first-order chi connectivity index (χ1) is 23.3. The smallest absolute Gasteiger partial charge is 0.164 e. The Kier molecular flexibility index (Phi) is 5.54. The molecule has 0 atom stereocenters. The van der Waals surface area contributed by atoms with Crippen LogP contribution >= 0.6 is 0 Å². The first-order valence-corrected chi connectivity index (χ1v) is 15.8. The first kappa shape index (κ1) is 25.9. The van der Waals surface area contributed by atoms with E-state index < -0.39 is 0 Å². The third-order valence-corrected chi connectivity index (χ3v) is 9.30. The molecule has 0 fully saturated rings. The summed E-state index contributed by atoms with van der Waals surface area (Å²) >= 11 is 0. The average molecular weight is 600 g/mol. The van der Waals surface area contributed by atoms with Crippen molar-refractivity contribution in [2.24, 2.45) is 0 Å². The molecule has 0 N–H and O–H groups in total. The van der Waals surface area contributed by atoms with Gasteiger partial charge in [-0.2, -0.15) is 0 Å². The van der Waals surface area contributed by atoms with Gasteiger partial charge in [-0.1, -0.05) is 127 Å². The Morgan fingerprint density at radius 3 is 1.32 bits per heavy atom. The molecule has 4 nitrogen and oxygen atoms in total. The summed E-state index contributed by atoms with van der Waals surface area (Å²) in [5.74, 6) is 1.87. The van der Waals surface area contributed by atoms with Crippen LogP contribution in [0.1, 0.15) is 0 Å². The zero-order valence-electron chi connectivity index (χ0n) is 25.2. The minimum Gasteiger partial charge on any atom is -0.456 e. The fourth-order valence-corrected chi connectivity index (χ4v) is 7.18. The van der Waals surface area contributed by atoms with Gasteiger partial charge in [-0.15, -0.1) is 0 Å². The summed E-state index contributed by atoms with van der Waals surface area (Å²) in [6.07, 6.45) is 0. The molecule has 10 aromatic rings. The molecule has 0 aliphatic rings. The maximum atomic E-state index is 6.28. The highest BCUT2D eigenvalue weighted by Gasteiger charge is 2.20. The van der Waals surface area contributed by atoms with Gasteiger partial charge < -0.3 is 4.42 Å². The Bertz CT molecular complexity index is 2730. The Labute approximate surface area is 269 Å². The van der Waals surface area contributed by atoms with Crippen molar-refractivity contribution in [3.8, 4) is 34.2 Å². The molecule has 0 radical (unpaired) electrons. The van der Waals surface area contributed by atoms with Crippen LogP contribution in [0.4, 0.5) is 0 Å². The number of hydrogen-bond donors (Lipinski definition) is 0. The molecule has 0 spiro atoms. The summed E-state index contributed by atoms with van der Waals surface area (Å²) in [4.78, 5) is 15.8. The lowest BCUT2D eigenvalue weighted by atomic mass is 9.96. The second-order valence-electron chi connectivity index (χ2n) is 12.0. The summed E-state index contributed by atoms with van der Waals surface area (Å²) in [7, 11) is 0. The van der Waals surface area contributed by atoms with Gasteiger partial charge in [-0.3, -0.25) is 0 Å². The zero-order valence-corrected chi connectivity index (χ0v) is 25.2. The summed E-state index contributed by atoms with van der Waals surface area (Å²) in [5, 5.41) is 11.3. The summed E-state index contributed by atoms with van der Waals surface area (Å²) in [6.45, 7) is 0. The highest BCUT2D eigenvalue weighted by molar-refractivity contribution is 6.15. The van der Waals surface area contributed by atoms with E-state index in [2.05, 4.69) is 121 Å². The summed E-state index contributed by atoms with van der Waals surface area (Å²) < 4.78 is 6.28. The average Bonchev–Trinajstić information content (AvgIpc) is 3.53. The number of aromatic nitrogens is 3. The highest BCUT2D eigenvalue weighted by Crippen LogP contribution is 2.40. The molecule has 0 saturated carbocycles. The van der Waals surface area contributed by atoms with Crippen molar-refractivity contribution in [1.82, 2.24) is 15.0 Å². The van der Waals surface area contributed by atoms with Crippen LogP contribution in [0.25, 0.3) is 99.2 Å². The molecule has 0 aliphatic carbocycles. The Morgan fingerprint density at radius 2 is 0.745 bits per heavy atom. The normalized spacial score (nSPS) is 11.8. The van der Waals surface area contributed by atoms with Crippen LogP contribution in [0.2, 0.25) is 0 Å². The molecular formula is C43H25N3O. The number of rotatable bonds is 3. The molecule has 0 saturated heterocycles. The summed E-state index contributed by atoms with van der Waals surface area (Å²) in [5.41, 5.74) is 4.50. The molecule has 10 rings (SSSR count). The van der Waals surface area contributed by atoms with E-state index in [1.807, 2.05) is 30.3 Å². The molecule has 2 heterocycles. The Morgan fingerprint density at radius 1 is 0.319 bits per heavy atom. The Hall–Kier alpha value is -6.39. The molecule has 218 valence electrons. The fraction of sp³-hybridized carbons (Fsp3) is 0. The third kappa shape index (κ3) is 3.98. The van der Waals surface area contributed by atoms with Gasteiger partial charge in [0.1, 0.15) is 11.2 Å². The number of furan rings is 1. The Balaban J connectivity index is 1.34. The third-order valence-electron chi connectivity index (χ3n) is 9.30. The number of benzene rings is 8. The number of para-hydroxylation sites is 1. The van der Waals surface area contributed by atoms with Gasteiger partial charge in [0.2, 0.25) is 0 Å². The molecule has 0 amide bonds. The van der Waals surface area contributed by atoms with Crippen molar-refractivity contribution in [1.29, 1.82) is 0 Å². The molecule has 2 aromatic heterocycles. The van der Waals surface area contributed by atoms with E-state index in [0.717, 1.165) is 60.2 Å². The topological polar surface area (TPSA) is 51.8 Å². The van der Waals surface area contributed by atoms with Gasteiger partial charge in [0.25, 0.3) is 0 Å². The predicted molar refractivity (Wildman–Crippen MR) is 193 cm³/mol. The molecular weight excluding hydrogens is 574 g/mol. The zero-order chi connectivity index (χ0) is 30.9. The van der Waals surface area contributed by atoms with E-state index in [0.29, 0.717) is 17.5 Å². The van der Waals surface area contributed by atoms with E-state index in [9.17, 15) is 0 Å². The lowest BCUT2D eigenvalue weighted by Gasteiger charge is -2.14. The van der Waals surface area contributed by atoms with Crippen LogP contribution in [0.5, 0.6) is 0 Å². The molecule has 8 aromatic carbocycles. The molecule has 0 aliphatic heterocycles. The highest BCUT2D eigenvalue weighted by atomic mass is 16.3. The second kappa shape index (κ2) is 10.1. The van der Waals surface area contributed by atoms with Crippen molar-refractivity contribution >= 4 is 65.0 Å². The maximum Gasteiger partial charge on any atom is 0.164 e. The van der Waals surface area contributed by atoms with Gasteiger partial charge in [0.15, 0.2) is 17.5 Å². The van der Waals surface area contributed by atoms with E-state index in [-0.39, 0.29) is 0 Å². The number of nitrogens with zero attached hydrogens (tertiary/aromatic N) is 3. The van der Waals surface area contributed by atoms with E-state index >= 15 is 0 Å². The van der Waals surface area contributed by atoms with E-state index in [1.54, 1.807) is 0 Å². The van der Waals surface area contributed by atoms with Crippen LogP contribution in [-0.2, 0) is 0 Å². The molecule has 0 unspecified atom stereocenters. The van der Waals surface area contributed by atoms with E-state index in [1.165, 1.54) is 21.5 Å². The largest absolute Gasteiger partial charge is 0.456 e. The monoisotopic (exact) mass is 599 g/mol. The summed E-state index contributed by atoms with van der Waals surface area (Å²) in [6, 6.07) is 52.7. The lowest BCUT2D eigenvalue weighted by molar-refractivity contribution is 0.669. The van der Waals surface area contributed by atoms with Crippen LogP contribution in [-0.4, -0.2) is 15.0 Å². The SMILES string of the molecule is c1ccc2c(c1)cc(-c1nc(-c3cc4ccccc4c4ccccc34)nc(-c3cccc4oc5ccccc5c34)n1)c1ccccc12. The molecule has 0 bridgehead atoms. The molecule has 47 heavy (non-hydrogen) atoms. The quantitative estimate of drug-likeness (QED) is 0.190. The van der Waals surface area contributed by atoms with Gasteiger partial charge in [-0.25, -0.2) is 15.0 Å². The standard InChI is InChI=1S/C43H25N3O/c1-3-14-28-26(12-1)24-36(32-18-7-5-16-30(28)32)42-44-41(35-21-11-23-39-40(35)34-20-9-10-22-38(34)47-39)45-43(46-42)37-25-27-13-2-4-15-29(27)31-17-6-8-19-33(31)37/h1-25H. The first-order valence-electron chi connectivity index (χ1n) is 15.8. The molecule has 4 heteroatoms. The maximum absolute atomic E-state index is 6.28.